The fraction of sp³-hybridized carbons (Fsp3) is 0.714. The van der Waals surface area contributed by atoms with E-state index < -0.39 is 5.54 Å². The number of aliphatic hydroxyl groups excluding tert-OH is 1. The Morgan fingerprint density at radius 2 is 2.31 bits per heavy atom. The van der Waals surface area contributed by atoms with Crippen LogP contribution in [0.1, 0.15) is 13.3 Å². The van der Waals surface area contributed by atoms with Gasteiger partial charge in [0.15, 0.2) is 5.54 Å². The van der Waals surface area contributed by atoms with Gasteiger partial charge in [0.1, 0.15) is 0 Å². The first-order valence-electron chi connectivity index (χ1n) is 3.94. The molecule has 1 atom stereocenters. The van der Waals surface area contributed by atoms with Crippen LogP contribution in [0.4, 0.5) is 0 Å². The molecular weight excluding hydrogens is 174 g/mol. The Morgan fingerprint density at radius 3 is 2.62 bits per heavy atom. The second-order valence-electron chi connectivity index (χ2n) is 3.00. The van der Waals surface area contributed by atoms with Crippen LogP contribution in [0.3, 0.4) is 0 Å². The molecule has 3 N–H and O–H groups in total. The summed E-state index contributed by atoms with van der Waals surface area (Å²) >= 11 is 0. The van der Waals surface area contributed by atoms with E-state index in [0.717, 1.165) is 5.01 Å². The highest BCUT2D eigenvalue weighted by atomic mass is 16.5. The number of hydrogen-bond acceptors (Lipinski definition) is 5. The van der Waals surface area contributed by atoms with Gasteiger partial charge in [-0.15, -0.1) is 0 Å². The van der Waals surface area contributed by atoms with Crippen molar-refractivity contribution in [1.29, 1.82) is 0 Å². The van der Waals surface area contributed by atoms with Crippen LogP contribution >= 0.6 is 0 Å². The average Bonchev–Trinajstić information content (AvgIpc) is 2.31. The van der Waals surface area contributed by atoms with Crippen LogP contribution in [0.15, 0.2) is 5.10 Å². The van der Waals surface area contributed by atoms with Crippen molar-refractivity contribution in [2.24, 2.45) is 5.10 Å². The molecule has 0 saturated heterocycles. The summed E-state index contributed by atoms with van der Waals surface area (Å²) in [7, 11) is 1.50. The number of hydrazone groups is 1. The molecule has 1 amide bonds. The van der Waals surface area contributed by atoms with E-state index in [1.807, 2.05) is 5.48 Å². The SMILES string of the molecule is CC1=NN(C)C(=O)C1(CCO)NO. The molecule has 13 heavy (non-hydrogen) atoms. The molecule has 0 fully saturated rings. The van der Waals surface area contributed by atoms with Gasteiger partial charge in [-0.3, -0.25) is 4.79 Å². The standard InChI is InChI=1S/C7H13N3O3/c1-5-7(9-13,3-4-11)6(12)10(2)8-5/h9,11,13H,3-4H2,1-2H3. The summed E-state index contributed by atoms with van der Waals surface area (Å²) in [6.07, 6.45) is 0.113. The quantitative estimate of drug-likeness (QED) is 0.491. The molecule has 0 radical (unpaired) electrons. The fourth-order valence-electron chi connectivity index (χ4n) is 1.43. The highest BCUT2D eigenvalue weighted by Gasteiger charge is 2.47. The Bertz CT molecular complexity index is 253. The van der Waals surface area contributed by atoms with Gasteiger partial charge in [0, 0.05) is 20.1 Å². The third-order valence-electron chi connectivity index (χ3n) is 2.25. The number of rotatable bonds is 3. The molecule has 0 aliphatic carbocycles. The predicted octanol–water partition coefficient (Wildman–Crippen LogP) is -1.07. The molecule has 0 aromatic heterocycles. The monoisotopic (exact) mass is 187 g/mol. The molecular formula is C7H13N3O3. The lowest BCUT2D eigenvalue weighted by Gasteiger charge is -2.24. The first-order chi connectivity index (χ1) is 6.08. The number of nitrogens with zero attached hydrogens (tertiary/aromatic N) is 2. The fourth-order valence-corrected chi connectivity index (χ4v) is 1.43. The van der Waals surface area contributed by atoms with Crippen molar-refractivity contribution in [2.75, 3.05) is 13.7 Å². The number of aliphatic hydroxyl groups is 1. The molecule has 1 aliphatic heterocycles. The Kier molecular flexibility index (Phi) is 2.65. The summed E-state index contributed by atoms with van der Waals surface area (Å²) < 4.78 is 0. The first-order valence-corrected chi connectivity index (χ1v) is 3.94. The topological polar surface area (TPSA) is 85.2 Å². The van der Waals surface area contributed by atoms with E-state index >= 15 is 0 Å². The van der Waals surface area contributed by atoms with Crippen LogP contribution in [-0.4, -0.2) is 46.1 Å². The van der Waals surface area contributed by atoms with Crippen LogP contribution in [0.2, 0.25) is 0 Å². The van der Waals surface area contributed by atoms with Gasteiger partial charge in [0.05, 0.1) is 5.71 Å². The van der Waals surface area contributed by atoms with Gasteiger partial charge in [0.25, 0.3) is 5.91 Å². The molecule has 0 bridgehead atoms. The highest BCUT2D eigenvalue weighted by Crippen LogP contribution is 2.21. The van der Waals surface area contributed by atoms with Crippen LogP contribution in [0.5, 0.6) is 0 Å². The number of carbonyl (C=O) groups excluding carboxylic acids is 1. The number of nitrogens with one attached hydrogen (secondary N) is 1. The summed E-state index contributed by atoms with van der Waals surface area (Å²) in [6.45, 7) is 1.43. The minimum atomic E-state index is -1.23. The smallest absolute Gasteiger partial charge is 0.270 e. The van der Waals surface area contributed by atoms with Crippen molar-refractivity contribution < 1.29 is 15.1 Å². The van der Waals surface area contributed by atoms with E-state index in [4.69, 9.17) is 10.3 Å². The maximum Gasteiger partial charge on any atom is 0.270 e. The molecule has 0 saturated carbocycles. The van der Waals surface area contributed by atoms with Gasteiger partial charge in [-0.25, -0.2) is 5.01 Å². The highest BCUT2D eigenvalue weighted by molar-refractivity contribution is 6.15. The van der Waals surface area contributed by atoms with E-state index in [0.29, 0.717) is 5.71 Å². The van der Waals surface area contributed by atoms with Gasteiger partial charge in [-0.1, -0.05) is 0 Å². The third-order valence-corrected chi connectivity index (χ3v) is 2.25. The number of amides is 1. The minimum Gasteiger partial charge on any atom is -0.396 e. The van der Waals surface area contributed by atoms with E-state index in [1.165, 1.54) is 7.05 Å². The zero-order chi connectivity index (χ0) is 10.1. The van der Waals surface area contributed by atoms with Gasteiger partial charge < -0.3 is 10.3 Å². The Morgan fingerprint density at radius 1 is 1.69 bits per heavy atom. The summed E-state index contributed by atoms with van der Waals surface area (Å²) in [5.41, 5.74) is 1.15. The number of likely N-dealkylation sites (N-methyl/N-ethyl adjacent to an activating group) is 1. The van der Waals surface area contributed by atoms with E-state index in [2.05, 4.69) is 5.10 Å². The molecule has 1 unspecified atom stereocenters. The van der Waals surface area contributed by atoms with Crippen LogP contribution < -0.4 is 5.48 Å². The van der Waals surface area contributed by atoms with E-state index in [-0.39, 0.29) is 18.9 Å². The van der Waals surface area contributed by atoms with Crippen molar-refractivity contribution in [1.82, 2.24) is 10.5 Å². The van der Waals surface area contributed by atoms with Crippen molar-refractivity contribution >= 4 is 11.6 Å². The second-order valence-corrected chi connectivity index (χ2v) is 3.00. The maximum absolute atomic E-state index is 11.5. The van der Waals surface area contributed by atoms with Crippen molar-refractivity contribution in [2.45, 2.75) is 18.9 Å². The second kappa shape index (κ2) is 3.41. The van der Waals surface area contributed by atoms with Crippen molar-refractivity contribution in [3.8, 4) is 0 Å². The summed E-state index contributed by atoms with van der Waals surface area (Å²) in [6, 6.07) is 0. The molecule has 1 aliphatic rings. The number of hydroxylamine groups is 1. The molecule has 0 aromatic rings. The normalized spacial score (nSPS) is 28.2. The van der Waals surface area contributed by atoms with Crippen molar-refractivity contribution in [3.05, 3.63) is 0 Å². The number of hydrogen-bond donors (Lipinski definition) is 3. The lowest BCUT2D eigenvalue weighted by Crippen LogP contribution is -2.56. The molecule has 0 aromatic carbocycles. The van der Waals surface area contributed by atoms with E-state index in [9.17, 15) is 4.79 Å². The van der Waals surface area contributed by atoms with Crippen molar-refractivity contribution in [3.63, 3.8) is 0 Å². The maximum atomic E-state index is 11.5. The summed E-state index contributed by atoms with van der Waals surface area (Å²) in [5, 5.41) is 22.7. The van der Waals surface area contributed by atoms with Crippen LogP contribution in [0.25, 0.3) is 0 Å². The zero-order valence-corrected chi connectivity index (χ0v) is 7.61. The molecule has 74 valence electrons. The first kappa shape index (κ1) is 10.1. The lowest BCUT2D eigenvalue weighted by atomic mass is 9.91. The molecule has 6 nitrogen and oxygen atoms in total. The van der Waals surface area contributed by atoms with Gasteiger partial charge in [-0.2, -0.15) is 10.6 Å². The Labute approximate surface area is 75.8 Å². The van der Waals surface area contributed by atoms with Gasteiger partial charge >= 0.3 is 0 Å². The van der Waals surface area contributed by atoms with Crippen LogP contribution in [0, 0.1) is 0 Å². The average molecular weight is 187 g/mol. The largest absolute Gasteiger partial charge is 0.396 e. The van der Waals surface area contributed by atoms with Gasteiger partial charge in [0.2, 0.25) is 0 Å². The third kappa shape index (κ3) is 1.32. The van der Waals surface area contributed by atoms with E-state index in [1.54, 1.807) is 6.92 Å². The molecule has 6 heteroatoms. The summed E-state index contributed by atoms with van der Waals surface area (Å²) in [4.78, 5) is 11.5. The lowest BCUT2D eigenvalue weighted by molar-refractivity contribution is -0.136. The molecule has 1 heterocycles. The zero-order valence-electron chi connectivity index (χ0n) is 7.61. The van der Waals surface area contributed by atoms with Gasteiger partial charge in [-0.05, 0) is 6.92 Å². The summed E-state index contributed by atoms with van der Waals surface area (Å²) in [5.74, 6) is -0.360. The molecule has 1 rings (SSSR count). The minimum absolute atomic E-state index is 0.113. The van der Waals surface area contributed by atoms with Crippen LogP contribution in [-0.2, 0) is 4.79 Å². The Hall–Kier alpha value is -0.980. The number of carbonyl (C=O) groups is 1. The Balaban J connectivity index is 2.98. The predicted molar refractivity (Wildman–Crippen MR) is 45.2 cm³/mol. The molecule has 0 spiro atoms.